The van der Waals surface area contributed by atoms with Crippen LogP contribution in [0.5, 0.6) is 0 Å². The van der Waals surface area contributed by atoms with E-state index in [-0.39, 0.29) is 28.8 Å². The molecule has 0 amide bonds. The lowest BCUT2D eigenvalue weighted by molar-refractivity contribution is -0.198. The van der Waals surface area contributed by atoms with E-state index in [1.54, 1.807) is 11.8 Å². The summed E-state index contributed by atoms with van der Waals surface area (Å²) in [5.74, 6) is 0. The van der Waals surface area contributed by atoms with Gasteiger partial charge in [-0.15, -0.1) is 0 Å². The van der Waals surface area contributed by atoms with E-state index in [1.807, 2.05) is 30.3 Å². The normalized spacial score (nSPS) is 22.3. The van der Waals surface area contributed by atoms with Crippen molar-refractivity contribution in [3.05, 3.63) is 102 Å². The Morgan fingerprint density at radius 2 is 1.32 bits per heavy atom. The maximum atomic E-state index is 6.74. The van der Waals surface area contributed by atoms with E-state index >= 15 is 0 Å². The zero-order valence-electron chi connectivity index (χ0n) is 23.3. The van der Waals surface area contributed by atoms with Crippen molar-refractivity contribution in [2.45, 2.75) is 87.2 Å². The summed E-state index contributed by atoms with van der Waals surface area (Å²) >= 11 is 1.75. The molecule has 0 aromatic heterocycles. The molecule has 3 aromatic carbocycles. The average Bonchev–Trinajstić information content (AvgIpc) is 2.91. The molecule has 1 fully saturated rings. The molecule has 0 radical (unpaired) electrons. The molecular weight excluding hydrogens is 509 g/mol. The third-order valence-electron chi connectivity index (χ3n) is 7.50. The predicted octanol–water partition coefficient (Wildman–Crippen LogP) is 8.09. The summed E-state index contributed by atoms with van der Waals surface area (Å²) in [6, 6.07) is 31.1. The number of ether oxygens (including phenoxy) is 3. The highest BCUT2D eigenvalue weighted by Crippen LogP contribution is 2.39. The molecule has 0 aliphatic carbocycles. The van der Waals surface area contributed by atoms with Gasteiger partial charge in [-0.3, -0.25) is 0 Å². The third-order valence-corrected chi connectivity index (χ3v) is 13.1. The topological polar surface area (TPSA) is 36.9 Å². The second kappa shape index (κ2) is 13.4. The lowest BCUT2D eigenvalue weighted by Gasteiger charge is -2.43. The van der Waals surface area contributed by atoms with Crippen LogP contribution in [0, 0.1) is 0 Å². The minimum absolute atomic E-state index is 0.0530. The van der Waals surface area contributed by atoms with E-state index in [2.05, 4.69) is 94.5 Å². The zero-order chi connectivity index (χ0) is 27.0. The molecule has 3 aromatic rings. The van der Waals surface area contributed by atoms with Gasteiger partial charge in [0.2, 0.25) is 0 Å². The first-order valence-electron chi connectivity index (χ1n) is 13.5. The minimum atomic E-state index is -1.98. The molecule has 204 valence electrons. The summed E-state index contributed by atoms with van der Waals surface area (Å²) in [6.45, 7) is 12.9. The minimum Gasteiger partial charge on any atom is -0.414 e. The predicted molar refractivity (Wildman–Crippen MR) is 159 cm³/mol. The van der Waals surface area contributed by atoms with Gasteiger partial charge in [-0.05, 0) is 41.4 Å². The van der Waals surface area contributed by atoms with Gasteiger partial charge in [0, 0.05) is 11.3 Å². The Morgan fingerprint density at radius 1 is 0.789 bits per heavy atom. The first-order valence-corrected chi connectivity index (χ1v) is 17.3. The van der Waals surface area contributed by atoms with Gasteiger partial charge in [0.15, 0.2) is 8.32 Å². The molecule has 0 unspecified atom stereocenters. The van der Waals surface area contributed by atoms with E-state index in [1.165, 1.54) is 4.90 Å². The van der Waals surface area contributed by atoms with Crippen molar-refractivity contribution in [2.75, 3.05) is 6.61 Å². The molecule has 4 rings (SSSR count). The molecule has 1 heterocycles. The van der Waals surface area contributed by atoms with Crippen LogP contribution in [0.3, 0.4) is 0 Å². The van der Waals surface area contributed by atoms with E-state index in [0.717, 1.165) is 17.5 Å². The van der Waals surface area contributed by atoms with E-state index in [9.17, 15) is 0 Å². The number of rotatable bonds is 11. The second-order valence-corrected chi connectivity index (χ2v) is 17.5. The van der Waals surface area contributed by atoms with Crippen LogP contribution in [-0.2, 0) is 31.9 Å². The maximum Gasteiger partial charge on any atom is 0.192 e. The van der Waals surface area contributed by atoms with Crippen LogP contribution in [0.4, 0.5) is 0 Å². The molecule has 1 saturated heterocycles. The van der Waals surface area contributed by atoms with E-state index in [4.69, 9.17) is 18.6 Å². The molecule has 0 N–H and O–H groups in total. The van der Waals surface area contributed by atoms with Crippen molar-refractivity contribution in [3.8, 4) is 0 Å². The molecular formula is C32H42O4SSi. The van der Waals surface area contributed by atoms with Crippen molar-refractivity contribution >= 4 is 20.1 Å². The fraction of sp³-hybridized carbons (Fsp3) is 0.438. The number of hydrogen-bond donors (Lipinski definition) is 0. The number of benzene rings is 3. The molecule has 6 heteroatoms. The highest BCUT2D eigenvalue weighted by atomic mass is 32.2. The van der Waals surface area contributed by atoms with Gasteiger partial charge in [0.1, 0.15) is 17.6 Å². The largest absolute Gasteiger partial charge is 0.414 e. The van der Waals surface area contributed by atoms with Gasteiger partial charge in [-0.2, -0.15) is 0 Å². The Morgan fingerprint density at radius 3 is 1.87 bits per heavy atom. The summed E-state index contributed by atoms with van der Waals surface area (Å²) in [4.78, 5) is 1.19. The van der Waals surface area contributed by atoms with Crippen molar-refractivity contribution < 1.29 is 18.6 Å². The standard InChI is InChI=1S/C32H42O4SSi/c1-32(2,3)38(4,5)35-24-29-31(34-23-26-17-11-7-12-18-26)28(33-22-25-15-9-6-10-16-25)21-30(36-29)37-27-19-13-8-14-20-27/h6-20,28-31H,21-24H2,1-5H3/t28-,29-,30-,31+/m1/s1. The van der Waals surface area contributed by atoms with Gasteiger partial charge in [-0.1, -0.05) is 111 Å². The summed E-state index contributed by atoms with van der Waals surface area (Å²) in [6.07, 6.45) is 0.143. The summed E-state index contributed by atoms with van der Waals surface area (Å²) in [7, 11) is -1.98. The van der Waals surface area contributed by atoms with Crippen LogP contribution in [0.2, 0.25) is 18.1 Å². The fourth-order valence-electron chi connectivity index (χ4n) is 4.18. The Kier molecular flexibility index (Phi) is 10.3. The SMILES string of the molecule is CC(C)(C)[Si](C)(C)OC[C@H]1O[C@H](Sc2ccccc2)C[C@@H](OCc2ccccc2)[C@@H]1OCc1ccccc1. The monoisotopic (exact) mass is 550 g/mol. The first-order chi connectivity index (χ1) is 18.2. The Hall–Kier alpha value is -1.93. The summed E-state index contributed by atoms with van der Waals surface area (Å²) in [5.41, 5.74) is 2.24. The van der Waals surface area contributed by atoms with E-state index < -0.39 is 8.32 Å². The van der Waals surface area contributed by atoms with E-state index in [0.29, 0.717) is 19.8 Å². The lowest BCUT2D eigenvalue weighted by Crippen LogP contribution is -2.53. The Bertz CT molecular complexity index is 1090. The second-order valence-electron chi connectivity index (χ2n) is 11.4. The van der Waals surface area contributed by atoms with Gasteiger partial charge in [-0.25, -0.2) is 0 Å². The van der Waals surface area contributed by atoms with Crippen LogP contribution in [0.15, 0.2) is 95.9 Å². The van der Waals surface area contributed by atoms with Gasteiger partial charge in [0.05, 0.1) is 25.9 Å². The van der Waals surface area contributed by atoms with Crippen LogP contribution in [0.25, 0.3) is 0 Å². The summed E-state index contributed by atoms with van der Waals surface area (Å²) in [5, 5.41) is 0.115. The highest BCUT2D eigenvalue weighted by Gasteiger charge is 2.44. The summed E-state index contributed by atoms with van der Waals surface area (Å²) < 4.78 is 26.6. The first kappa shape index (κ1) is 29.1. The molecule has 0 bridgehead atoms. The number of hydrogen-bond acceptors (Lipinski definition) is 5. The highest BCUT2D eigenvalue weighted by molar-refractivity contribution is 7.99. The molecule has 0 spiro atoms. The molecule has 4 atom stereocenters. The quantitative estimate of drug-likeness (QED) is 0.226. The number of thioether (sulfide) groups is 1. The van der Waals surface area contributed by atoms with Crippen molar-refractivity contribution in [1.29, 1.82) is 0 Å². The maximum absolute atomic E-state index is 6.74. The van der Waals surface area contributed by atoms with Crippen LogP contribution < -0.4 is 0 Å². The molecule has 1 aliphatic heterocycles. The van der Waals surface area contributed by atoms with Gasteiger partial charge >= 0.3 is 0 Å². The molecule has 38 heavy (non-hydrogen) atoms. The molecule has 4 nitrogen and oxygen atoms in total. The van der Waals surface area contributed by atoms with Crippen molar-refractivity contribution in [3.63, 3.8) is 0 Å². The van der Waals surface area contributed by atoms with Crippen LogP contribution >= 0.6 is 11.8 Å². The zero-order valence-corrected chi connectivity index (χ0v) is 25.2. The molecule has 1 aliphatic rings. The Balaban J connectivity index is 1.56. The lowest BCUT2D eigenvalue weighted by atomic mass is 10.0. The third kappa shape index (κ3) is 8.28. The molecule has 0 saturated carbocycles. The smallest absolute Gasteiger partial charge is 0.192 e. The Labute approximate surface area is 234 Å². The van der Waals surface area contributed by atoms with Crippen molar-refractivity contribution in [2.24, 2.45) is 0 Å². The van der Waals surface area contributed by atoms with Crippen LogP contribution in [-0.4, -0.2) is 38.7 Å². The van der Waals surface area contributed by atoms with Crippen molar-refractivity contribution in [1.82, 2.24) is 0 Å². The van der Waals surface area contributed by atoms with Crippen LogP contribution in [0.1, 0.15) is 38.3 Å². The fourth-order valence-corrected chi connectivity index (χ4v) is 6.30. The van der Waals surface area contributed by atoms with Gasteiger partial charge in [0.25, 0.3) is 0 Å². The average molecular weight is 551 g/mol. The van der Waals surface area contributed by atoms with Gasteiger partial charge < -0.3 is 18.6 Å².